The first-order valence-corrected chi connectivity index (χ1v) is 5.38. The van der Waals surface area contributed by atoms with Gasteiger partial charge in [-0.2, -0.15) is 0 Å². The van der Waals surface area contributed by atoms with E-state index in [9.17, 15) is 5.11 Å². The molecule has 1 aromatic rings. The summed E-state index contributed by atoms with van der Waals surface area (Å²) < 4.78 is 0. The van der Waals surface area contributed by atoms with E-state index in [2.05, 4.69) is 6.58 Å². The molecule has 0 aromatic heterocycles. The minimum atomic E-state index is -0.503. The second-order valence-corrected chi connectivity index (χ2v) is 4.91. The molecule has 0 bridgehead atoms. The lowest BCUT2D eigenvalue weighted by molar-refractivity contribution is 0.0911. The smallest absolute Gasteiger partial charge is 0.0772 e. The molecule has 0 saturated carbocycles. The summed E-state index contributed by atoms with van der Waals surface area (Å²) in [5, 5.41) is 10.5. The van der Waals surface area contributed by atoms with Gasteiger partial charge in [-0.15, -0.1) is 6.58 Å². The fourth-order valence-corrected chi connectivity index (χ4v) is 1.81. The number of hydrogen-bond acceptors (Lipinski definition) is 1. The fraction of sp³-hybridized carbons (Fsp3) is 0.385. The molecule has 1 atom stereocenters. The minimum absolute atomic E-state index is 0.216. The summed E-state index contributed by atoms with van der Waals surface area (Å²) in [6.45, 7) is 7.64. The first kappa shape index (κ1) is 12.3. The molecule has 0 spiro atoms. The molecular formula is C13H17ClO. The highest BCUT2D eigenvalue weighted by Crippen LogP contribution is 2.27. The lowest BCUT2D eigenvalue weighted by Crippen LogP contribution is -2.29. The maximum absolute atomic E-state index is 9.77. The molecule has 0 saturated heterocycles. The molecule has 1 rings (SSSR count). The van der Waals surface area contributed by atoms with Crippen LogP contribution in [0.2, 0.25) is 5.02 Å². The highest BCUT2D eigenvalue weighted by molar-refractivity contribution is 6.30. The van der Waals surface area contributed by atoms with E-state index in [4.69, 9.17) is 11.6 Å². The molecule has 0 heterocycles. The average molecular weight is 225 g/mol. The molecule has 0 radical (unpaired) electrons. The van der Waals surface area contributed by atoms with Crippen LogP contribution in [0.5, 0.6) is 0 Å². The van der Waals surface area contributed by atoms with Gasteiger partial charge < -0.3 is 5.11 Å². The Labute approximate surface area is 96.4 Å². The summed E-state index contributed by atoms with van der Waals surface area (Å²) in [5.41, 5.74) is 0.917. The Morgan fingerprint density at radius 3 is 2.73 bits per heavy atom. The monoisotopic (exact) mass is 224 g/mol. The average Bonchev–Trinajstić information content (AvgIpc) is 2.15. The molecular weight excluding hydrogens is 208 g/mol. The van der Waals surface area contributed by atoms with Crippen molar-refractivity contribution in [3.63, 3.8) is 0 Å². The van der Waals surface area contributed by atoms with Crippen LogP contribution in [0.15, 0.2) is 36.9 Å². The molecule has 0 aliphatic rings. The van der Waals surface area contributed by atoms with Gasteiger partial charge in [0.2, 0.25) is 0 Å². The predicted molar refractivity (Wildman–Crippen MR) is 65.1 cm³/mol. The molecule has 0 aliphatic heterocycles. The van der Waals surface area contributed by atoms with E-state index in [1.54, 1.807) is 6.08 Å². The summed E-state index contributed by atoms with van der Waals surface area (Å²) in [6, 6.07) is 7.72. The largest absolute Gasteiger partial charge is 0.388 e. The Hall–Kier alpha value is -0.790. The van der Waals surface area contributed by atoms with Crippen molar-refractivity contribution in [1.82, 2.24) is 0 Å². The van der Waals surface area contributed by atoms with Gasteiger partial charge in [0.1, 0.15) is 0 Å². The van der Waals surface area contributed by atoms with Gasteiger partial charge in [0, 0.05) is 5.02 Å². The summed E-state index contributed by atoms with van der Waals surface area (Å²) >= 11 is 5.90. The molecule has 0 amide bonds. The third-order valence-corrected chi connectivity index (χ3v) is 2.81. The van der Waals surface area contributed by atoms with Gasteiger partial charge in [-0.1, -0.05) is 43.7 Å². The lowest BCUT2D eigenvalue weighted by Gasteiger charge is -2.28. The van der Waals surface area contributed by atoms with E-state index in [1.165, 1.54) is 0 Å². The maximum Gasteiger partial charge on any atom is 0.0772 e. The number of benzene rings is 1. The third kappa shape index (κ3) is 3.37. The molecule has 82 valence electrons. The van der Waals surface area contributed by atoms with Gasteiger partial charge in [0.05, 0.1) is 6.10 Å². The van der Waals surface area contributed by atoms with Gasteiger partial charge >= 0.3 is 0 Å². The number of halogens is 1. The van der Waals surface area contributed by atoms with Crippen LogP contribution in [-0.4, -0.2) is 11.2 Å². The number of rotatable bonds is 4. The summed E-state index contributed by atoms with van der Waals surface area (Å²) in [7, 11) is 0. The molecule has 0 aliphatic carbocycles. The molecule has 2 heteroatoms. The van der Waals surface area contributed by atoms with Crippen LogP contribution in [0.1, 0.15) is 19.4 Å². The number of aliphatic hydroxyl groups excluding tert-OH is 1. The highest BCUT2D eigenvalue weighted by atomic mass is 35.5. The van der Waals surface area contributed by atoms with Gasteiger partial charge in [0.15, 0.2) is 0 Å². The maximum atomic E-state index is 9.77. The van der Waals surface area contributed by atoms with Gasteiger partial charge in [-0.25, -0.2) is 0 Å². The van der Waals surface area contributed by atoms with Crippen molar-refractivity contribution in [1.29, 1.82) is 0 Å². The molecule has 15 heavy (non-hydrogen) atoms. The Kier molecular flexibility index (Phi) is 3.95. The number of aliphatic hydroxyl groups is 1. The van der Waals surface area contributed by atoms with Gasteiger partial charge in [0.25, 0.3) is 0 Å². The van der Waals surface area contributed by atoms with Crippen LogP contribution in [0.25, 0.3) is 0 Å². The quantitative estimate of drug-likeness (QED) is 0.777. The molecule has 1 unspecified atom stereocenters. The van der Waals surface area contributed by atoms with Crippen LogP contribution in [0.3, 0.4) is 0 Å². The van der Waals surface area contributed by atoms with Crippen LogP contribution in [-0.2, 0) is 6.42 Å². The van der Waals surface area contributed by atoms with Gasteiger partial charge in [-0.3, -0.25) is 0 Å². The van der Waals surface area contributed by atoms with E-state index >= 15 is 0 Å². The van der Waals surface area contributed by atoms with Crippen LogP contribution in [0.4, 0.5) is 0 Å². The molecule has 0 fully saturated rings. The second-order valence-electron chi connectivity index (χ2n) is 4.48. The standard InChI is InChI=1S/C13H17ClO/c1-4-12(15)13(2,3)9-10-6-5-7-11(14)8-10/h4-8,12,15H,1,9H2,2-3H3. The highest BCUT2D eigenvalue weighted by Gasteiger charge is 2.25. The third-order valence-electron chi connectivity index (χ3n) is 2.57. The molecule has 1 aromatic carbocycles. The SMILES string of the molecule is C=CC(O)C(C)(C)Cc1cccc(Cl)c1. The summed E-state index contributed by atoms with van der Waals surface area (Å²) in [5.74, 6) is 0. The van der Waals surface area contributed by atoms with E-state index in [0.29, 0.717) is 0 Å². The zero-order valence-corrected chi connectivity index (χ0v) is 9.96. The van der Waals surface area contributed by atoms with Crippen LogP contribution >= 0.6 is 11.6 Å². The predicted octanol–water partition coefficient (Wildman–Crippen LogP) is 3.46. The molecule has 1 nitrogen and oxygen atoms in total. The van der Waals surface area contributed by atoms with Crippen molar-refractivity contribution in [2.45, 2.75) is 26.4 Å². The Morgan fingerprint density at radius 2 is 2.20 bits per heavy atom. The first-order chi connectivity index (χ1) is 6.95. The van der Waals surface area contributed by atoms with E-state index in [-0.39, 0.29) is 5.41 Å². The van der Waals surface area contributed by atoms with E-state index in [0.717, 1.165) is 17.0 Å². The molecule has 1 N–H and O–H groups in total. The second kappa shape index (κ2) is 4.82. The van der Waals surface area contributed by atoms with Gasteiger partial charge in [-0.05, 0) is 29.5 Å². The first-order valence-electron chi connectivity index (χ1n) is 5.01. The van der Waals surface area contributed by atoms with Crippen LogP contribution in [0, 0.1) is 5.41 Å². The van der Waals surface area contributed by atoms with Crippen molar-refractivity contribution >= 4 is 11.6 Å². The zero-order chi connectivity index (χ0) is 11.5. The summed E-state index contributed by atoms with van der Waals surface area (Å²) in [6.07, 6.45) is 1.85. The number of hydrogen-bond donors (Lipinski definition) is 1. The topological polar surface area (TPSA) is 20.2 Å². The fourth-order valence-electron chi connectivity index (χ4n) is 1.60. The van der Waals surface area contributed by atoms with Crippen LogP contribution < -0.4 is 0 Å². The normalized spacial score (nSPS) is 13.6. The van der Waals surface area contributed by atoms with Crippen molar-refractivity contribution in [2.24, 2.45) is 5.41 Å². The Morgan fingerprint density at radius 1 is 1.53 bits per heavy atom. The summed E-state index contributed by atoms with van der Waals surface area (Å²) in [4.78, 5) is 0. The van der Waals surface area contributed by atoms with E-state index < -0.39 is 6.10 Å². The van der Waals surface area contributed by atoms with E-state index in [1.807, 2.05) is 38.1 Å². The minimum Gasteiger partial charge on any atom is -0.388 e. The van der Waals surface area contributed by atoms with Crippen molar-refractivity contribution in [2.75, 3.05) is 0 Å². The van der Waals surface area contributed by atoms with Crippen molar-refractivity contribution < 1.29 is 5.11 Å². The van der Waals surface area contributed by atoms with Crippen molar-refractivity contribution in [3.05, 3.63) is 47.5 Å². The lowest BCUT2D eigenvalue weighted by atomic mass is 9.80. The van der Waals surface area contributed by atoms with Crippen molar-refractivity contribution in [3.8, 4) is 0 Å². The Bertz CT molecular complexity index is 344. The zero-order valence-electron chi connectivity index (χ0n) is 9.20. The Balaban J connectivity index is 2.81.